The maximum absolute atomic E-state index is 13.0. The zero-order valence-corrected chi connectivity index (χ0v) is 16.6. The van der Waals surface area contributed by atoms with Gasteiger partial charge >= 0.3 is 0 Å². The normalized spacial score (nSPS) is 23.5. The molecule has 0 aromatic heterocycles. The number of carbonyl (C=O) groups excluding carboxylic acids is 3. The maximum atomic E-state index is 13.0. The summed E-state index contributed by atoms with van der Waals surface area (Å²) < 4.78 is 0. The van der Waals surface area contributed by atoms with E-state index in [2.05, 4.69) is 0 Å². The number of amides is 3. The molecule has 1 aliphatic carbocycles. The highest BCUT2D eigenvalue weighted by molar-refractivity contribution is 6.00. The molecule has 3 amide bonds. The van der Waals surface area contributed by atoms with E-state index in [-0.39, 0.29) is 36.0 Å². The first-order valence-electron chi connectivity index (χ1n) is 10.5. The van der Waals surface area contributed by atoms with Gasteiger partial charge in [-0.05, 0) is 31.9 Å². The number of rotatable bonds is 3. The highest BCUT2D eigenvalue weighted by Gasteiger charge is 2.38. The van der Waals surface area contributed by atoms with Crippen molar-refractivity contribution in [2.45, 2.75) is 39.0 Å². The molecule has 1 aromatic rings. The average molecular weight is 383 g/mol. The van der Waals surface area contributed by atoms with Gasteiger partial charge < -0.3 is 14.7 Å². The molecular weight excluding hydrogens is 354 g/mol. The van der Waals surface area contributed by atoms with E-state index < -0.39 is 0 Å². The molecule has 1 aromatic carbocycles. The van der Waals surface area contributed by atoms with Gasteiger partial charge in [0.25, 0.3) is 0 Å². The van der Waals surface area contributed by atoms with Gasteiger partial charge in [0.1, 0.15) is 0 Å². The number of hydrogen-bond acceptors (Lipinski definition) is 3. The Balaban J connectivity index is 1.32. The van der Waals surface area contributed by atoms with E-state index in [9.17, 15) is 14.4 Å². The molecule has 1 atom stereocenters. The van der Waals surface area contributed by atoms with Crippen molar-refractivity contribution < 1.29 is 14.4 Å². The minimum Gasteiger partial charge on any atom is -0.339 e. The van der Waals surface area contributed by atoms with Crippen molar-refractivity contribution in [3.63, 3.8) is 0 Å². The third-order valence-electron chi connectivity index (χ3n) is 6.43. The lowest BCUT2D eigenvalue weighted by molar-refractivity contribution is -0.143. The van der Waals surface area contributed by atoms with Crippen LogP contribution in [0.1, 0.15) is 37.7 Å². The van der Waals surface area contributed by atoms with E-state index in [1.165, 1.54) is 0 Å². The first-order valence-corrected chi connectivity index (χ1v) is 10.5. The Morgan fingerprint density at radius 2 is 1.39 bits per heavy atom. The summed E-state index contributed by atoms with van der Waals surface area (Å²) in [6, 6.07) is 7.84. The fourth-order valence-corrected chi connectivity index (χ4v) is 4.68. The molecule has 2 saturated heterocycles. The van der Waals surface area contributed by atoms with Crippen LogP contribution in [0.5, 0.6) is 0 Å². The molecule has 3 fully saturated rings. The van der Waals surface area contributed by atoms with Crippen molar-refractivity contribution in [1.82, 2.24) is 9.80 Å². The Morgan fingerprint density at radius 1 is 0.857 bits per heavy atom. The van der Waals surface area contributed by atoms with Crippen LogP contribution in [-0.2, 0) is 14.4 Å². The second kappa shape index (κ2) is 7.94. The molecule has 0 N–H and O–H groups in total. The monoisotopic (exact) mass is 383 g/mol. The lowest BCUT2D eigenvalue weighted by atomic mass is 10.0. The molecule has 150 valence electrons. The van der Waals surface area contributed by atoms with Gasteiger partial charge in [0.05, 0.1) is 5.92 Å². The van der Waals surface area contributed by atoms with Crippen molar-refractivity contribution in [2.24, 2.45) is 11.8 Å². The lowest BCUT2D eigenvalue weighted by Gasteiger charge is -2.37. The quantitative estimate of drug-likeness (QED) is 0.804. The van der Waals surface area contributed by atoms with Gasteiger partial charge in [0.2, 0.25) is 17.7 Å². The molecule has 28 heavy (non-hydrogen) atoms. The van der Waals surface area contributed by atoms with Gasteiger partial charge in [0.15, 0.2) is 0 Å². The summed E-state index contributed by atoms with van der Waals surface area (Å²) in [6.45, 7) is 4.84. The molecule has 2 aliphatic heterocycles. The molecule has 0 radical (unpaired) electrons. The molecule has 6 nitrogen and oxygen atoms in total. The van der Waals surface area contributed by atoms with E-state index in [1.54, 1.807) is 4.90 Å². The largest absolute Gasteiger partial charge is 0.339 e. The number of anilines is 1. The third kappa shape index (κ3) is 3.77. The Labute approximate surface area is 166 Å². The Hall–Kier alpha value is -2.37. The fraction of sp³-hybridized carbons (Fsp3) is 0.591. The van der Waals surface area contributed by atoms with Crippen LogP contribution in [0.25, 0.3) is 0 Å². The second-order valence-corrected chi connectivity index (χ2v) is 8.37. The maximum Gasteiger partial charge on any atom is 0.228 e. The minimum absolute atomic E-state index is 0.0113. The van der Waals surface area contributed by atoms with Crippen molar-refractivity contribution in [2.75, 3.05) is 37.6 Å². The van der Waals surface area contributed by atoms with Gasteiger partial charge in [-0.1, -0.05) is 30.5 Å². The predicted molar refractivity (Wildman–Crippen MR) is 107 cm³/mol. The number of nitrogens with zero attached hydrogens (tertiary/aromatic N) is 3. The molecule has 3 aliphatic rings. The van der Waals surface area contributed by atoms with Crippen molar-refractivity contribution in [1.29, 1.82) is 0 Å². The average Bonchev–Trinajstić information content (AvgIpc) is 3.38. The molecule has 2 heterocycles. The molecular formula is C22H29N3O3. The predicted octanol–water partition coefficient (Wildman–Crippen LogP) is 2.21. The summed E-state index contributed by atoms with van der Waals surface area (Å²) in [5.41, 5.74) is 2.01. The summed E-state index contributed by atoms with van der Waals surface area (Å²) in [5.74, 6) is 0.239. The van der Waals surface area contributed by atoms with Crippen molar-refractivity contribution in [3.05, 3.63) is 29.8 Å². The summed E-state index contributed by atoms with van der Waals surface area (Å²) in [4.78, 5) is 43.5. The summed E-state index contributed by atoms with van der Waals surface area (Å²) in [7, 11) is 0. The van der Waals surface area contributed by atoms with Gasteiger partial charge in [0, 0.05) is 50.7 Å². The first-order chi connectivity index (χ1) is 13.5. The van der Waals surface area contributed by atoms with Gasteiger partial charge in [-0.2, -0.15) is 0 Å². The molecule has 6 heteroatoms. The minimum atomic E-state index is -0.286. The van der Waals surface area contributed by atoms with Crippen molar-refractivity contribution in [3.8, 4) is 0 Å². The highest BCUT2D eigenvalue weighted by atomic mass is 16.2. The molecule has 0 spiro atoms. The number of carbonyl (C=O) groups is 3. The smallest absolute Gasteiger partial charge is 0.228 e. The summed E-state index contributed by atoms with van der Waals surface area (Å²) in [6.07, 6.45) is 4.60. The Morgan fingerprint density at radius 3 is 1.96 bits per heavy atom. The van der Waals surface area contributed by atoms with Crippen LogP contribution in [0, 0.1) is 18.8 Å². The Kier molecular flexibility index (Phi) is 5.38. The topological polar surface area (TPSA) is 60.9 Å². The third-order valence-corrected chi connectivity index (χ3v) is 6.43. The van der Waals surface area contributed by atoms with E-state index >= 15 is 0 Å². The van der Waals surface area contributed by atoms with Crippen LogP contribution >= 0.6 is 0 Å². The first kappa shape index (κ1) is 19.0. The zero-order valence-electron chi connectivity index (χ0n) is 16.6. The standard InChI is InChI=1S/C22H29N3O3/c1-16-6-8-19(9-7-16)25-15-18(14-20(25)26)22(28)24-12-10-23(11-13-24)21(27)17-4-2-3-5-17/h6-9,17-18H,2-5,10-15H2,1H3. The molecule has 0 bridgehead atoms. The van der Waals surface area contributed by atoms with Crippen LogP contribution in [-0.4, -0.2) is 60.2 Å². The molecule has 1 unspecified atom stereocenters. The Bertz CT molecular complexity index is 747. The van der Waals surface area contributed by atoms with E-state index in [4.69, 9.17) is 0 Å². The number of hydrogen-bond donors (Lipinski definition) is 0. The fourth-order valence-electron chi connectivity index (χ4n) is 4.68. The van der Waals surface area contributed by atoms with Crippen LogP contribution < -0.4 is 4.90 Å². The van der Waals surface area contributed by atoms with Gasteiger partial charge in [-0.15, -0.1) is 0 Å². The van der Waals surface area contributed by atoms with Crippen LogP contribution in [0.3, 0.4) is 0 Å². The van der Waals surface area contributed by atoms with Crippen LogP contribution in [0.15, 0.2) is 24.3 Å². The second-order valence-electron chi connectivity index (χ2n) is 8.37. The highest BCUT2D eigenvalue weighted by Crippen LogP contribution is 2.28. The molecule has 1 saturated carbocycles. The summed E-state index contributed by atoms with van der Waals surface area (Å²) in [5, 5.41) is 0. The lowest BCUT2D eigenvalue weighted by Crippen LogP contribution is -2.53. The van der Waals surface area contributed by atoms with Crippen molar-refractivity contribution >= 4 is 23.4 Å². The number of benzene rings is 1. The number of aryl methyl sites for hydroxylation is 1. The van der Waals surface area contributed by atoms with Gasteiger partial charge in [-0.25, -0.2) is 0 Å². The molecule has 4 rings (SSSR count). The van der Waals surface area contributed by atoms with Crippen LogP contribution in [0.4, 0.5) is 5.69 Å². The van der Waals surface area contributed by atoms with E-state index in [1.807, 2.05) is 41.0 Å². The van der Waals surface area contributed by atoms with Gasteiger partial charge in [-0.3, -0.25) is 14.4 Å². The zero-order chi connectivity index (χ0) is 19.7. The number of piperazine rings is 1. The van der Waals surface area contributed by atoms with Crippen LogP contribution in [0.2, 0.25) is 0 Å². The SMILES string of the molecule is Cc1ccc(N2CC(C(=O)N3CCN(C(=O)C4CCCC4)CC3)CC2=O)cc1. The summed E-state index contributed by atoms with van der Waals surface area (Å²) >= 11 is 0. The van der Waals surface area contributed by atoms with E-state index in [0.29, 0.717) is 32.7 Å². The van der Waals surface area contributed by atoms with E-state index in [0.717, 1.165) is 36.9 Å².